The number of hydrogen-bond donors (Lipinski definition) is 1. The number of ether oxygens (including phenoxy) is 1. The fourth-order valence-corrected chi connectivity index (χ4v) is 3.26. The smallest absolute Gasteiger partial charge is 0.338 e. The molecule has 3 aromatic rings. The van der Waals surface area contributed by atoms with Crippen molar-refractivity contribution in [2.45, 2.75) is 11.8 Å². The van der Waals surface area contributed by atoms with Gasteiger partial charge in [0, 0.05) is 5.69 Å². The summed E-state index contributed by atoms with van der Waals surface area (Å²) in [6.07, 6.45) is 0. The molecular weight excluding hydrogens is 322 g/mol. The van der Waals surface area contributed by atoms with Crippen molar-refractivity contribution in [2.75, 3.05) is 11.3 Å². The van der Waals surface area contributed by atoms with Gasteiger partial charge in [0.15, 0.2) is 0 Å². The molecule has 0 amide bonds. The standard InChI is InChI=1S/C19H17NO3S/c1-2-23-19(21)16-8-5-9-17(12-16)20-24(22)18-11-10-14-6-3-4-7-15(14)13-18/h3-13,20H,2H2,1H3. The minimum Gasteiger partial charge on any atom is -0.462 e. The molecule has 3 rings (SSSR count). The zero-order valence-electron chi connectivity index (χ0n) is 13.2. The molecule has 0 spiro atoms. The van der Waals surface area contributed by atoms with E-state index in [0.717, 1.165) is 10.8 Å². The maximum absolute atomic E-state index is 12.5. The molecular formula is C19H17NO3S. The molecule has 0 heterocycles. The van der Waals surface area contributed by atoms with Crippen LogP contribution in [0, 0.1) is 0 Å². The summed E-state index contributed by atoms with van der Waals surface area (Å²) in [5, 5.41) is 2.13. The second kappa shape index (κ2) is 7.27. The van der Waals surface area contributed by atoms with Crippen LogP contribution in [-0.2, 0) is 15.7 Å². The lowest BCUT2D eigenvalue weighted by Crippen LogP contribution is -2.08. The first kappa shape index (κ1) is 16.2. The van der Waals surface area contributed by atoms with Crippen molar-refractivity contribution in [1.29, 1.82) is 0 Å². The lowest BCUT2D eigenvalue weighted by atomic mass is 10.1. The highest BCUT2D eigenvalue weighted by Gasteiger charge is 2.09. The molecule has 0 aliphatic carbocycles. The van der Waals surface area contributed by atoms with Crippen molar-refractivity contribution in [2.24, 2.45) is 0 Å². The second-order valence-corrected chi connectivity index (χ2v) is 6.39. The molecule has 0 saturated heterocycles. The largest absolute Gasteiger partial charge is 0.462 e. The average molecular weight is 339 g/mol. The van der Waals surface area contributed by atoms with Gasteiger partial charge in [-0.2, -0.15) is 0 Å². The fraction of sp³-hybridized carbons (Fsp3) is 0.105. The first-order valence-electron chi connectivity index (χ1n) is 7.62. The van der Waals surface area contributed by atoms with Crippen LogP contribution < -0.4 is 4.72 Å². The highest BCUT2D eigenvalue weighted by molar-refractivity contribution is 7.86. The predicted octanol–water partition coefficient (Wildman–Crippen LogP) is 4.15. The van der Waals surface area contributed by atoms with Crippen LogP contribution in [0.2, 0.25) is 0 Å². The van der Waals surface area contributed by atoms with Crippen LogP contribution >= 0.6 is 0 Å². The lowest BCUT2D eigenvalue weighted by molar-refractivity contribution is 0.0526. The van der Waals surface area contributed by atoms with Crippen molar-refractivity contribution in [3.8, 4) is 0 Å². The molecule has 1 unspecified atom stereocenters. The summed E-state index contributed by atoms with van der Waals surface area (Å²) in [6.45, 7) is 2.08. The lowest BCUT2D eigenvalue weighted by Gasteiger charge is -2.09. The van der Waals surface area contributed by atoms with E-state index in [-0.39, 0.29) is 0 Å². The molecule has 0 fully saturated rings. The van der Waals surface area contributed by atoms with Gasteiger partial charge in [-0.05, 0) is 48.0 Å². The van der Waals surface area contributed by atoms with Gasteiger partial charge < -0.3 is 9.46 Å². The second-order valence-electron chi connectivity index (χ2n) is 5.18. The number of carbonyl (C=O) groups excluding carboxylic acids is 1. The van der Waals surface area contributed by atoms with Gasteiger partial charge in [0.05, 0.1) is 17.1 Å². The first-order valence-corrected chi connectivity index (χ1v) is 8.77. The topological polar surface area (TPSA) is 55.4 Å². The van der Waals surface area contributed by atoms with Gasteiger partial charge in [0.2, 0.25) is 0 Å². The Kier molecular flexibility index (Phi) is 4.91. The number of fused-ring (bicyclic) bond motifs is 1. The fourth-order valence-electron chi connectivity index (χ4n) is 2.37. The number of rotatable bonds is 5. The Morgan fingerprint density at radius 3 is 2.58 bits per heavy atom. The van der Waals surface area contributed by atoms with Crippen molar-refractivity contribution < 1.29 is 13.7 Å². The van der Waals surface area contributed by atoms with E-state index in [0.29, 0.717) is 22.8 Å². The van der Waals surface area contributed by atoms with Gasteiger partial charge in [0.25, 0.3) is 0 Å². The third kappa shape index (κ3) is 3.63. The van der Waals surface area contributed by atoms with Crippen molar-refractivity contribution >= 4 is 33.4 Å². The third-order valence-electron chi connectivity index (χ3n) is 3.52. The van der Waals surface area contributed by atoms with Crippen LogP contribution in [0.1, 0.15) is 17.3 Å². The van der Waals surface area contributed by atoms with Gasteiger partial charge in [-0.1, -0.05) is 36.4 Å². The third-order valence-corrected chi connectivity index (χ3v) is 4.62. The molecule has 1 N–H and O–H groups in total. The molecule has 0 saturated carbocycles. The highest BCUT2D eigenvalue weighted by atomic mass is 32.2. The van der Waals surface area contributed by atoms with Gasteiger partial charge >= 0.3 is 5.97 Å². The van der Waals surface area contributed by atoms with E-state index in [4.69, 9.17) is 4.74 Å². The SMILES string of the molecule is CCOC(=O)c1cccc(NS(=O)c2ccc3ccccc3c2)c1. The maximum Gasteiger partial charge on any atom is 0.338 e. The molecule has 3 aromatic carbocycles. The summed E-state index contributed by atoms with van der Waals surface area (Å²) >= 11 is 0. The number of nitrogens with one attached hydrogen (secondary N) is 1. The van der Waals surface area contributed by atoms with E-state index in [1.165, 1.54) is 0 Å². The Bertz CT molecular complexity index is 908. The summed E-state index contributed by atoms with van der Waals surface area (Å²) in [6, 6.07) is 20.4. The monoisotopic (exact) mass is 339 g/mol. The Labute approximate surface area is 143 Å². The van der Waals surface area contributed by atoms with E-state index in [9.17, 15) is 9.00 Å². The van der Waals surface area contributed by atoms with E-state index < -0.39 is 17.0 Å². The van der Waals surface area contributed by atoms with Crippen molar-refractivity contribution in [1.82, 2.24) is 0 Å². The number of benzene rings is 3. The number of carbonyl (C=O) groups is 1. The van der Waals surface area contributed by atoms with E-state index in [2.05, 4.69) is 4.72 Å². The molecule has 0 radical (unpaired) electrons. The van der Waals surface area contributed by atoms with Gasteiger partial charge in [-0.25, -0.2) is 9.00 Å². The maximum atomic E-state index is 12.5. The molecule has 0 aliphatic heterocycles. The summed E-state index contributed by atoms with van der Waals surface area (Å²) in [5.41, 5.74) is 1.03. The Morgan fingerprint density at radius 1 is 1.00 bits per heavy atom. The molecule has 0 aliphatic rings. The van der Waals surface area contributed by atoms with Gasteiger partial charge in [-0.3, -0.25) is 0 Å². The normalized spacial score (nSPS) is 11.9. The van der Waals surface area contributed by atoms with E-state index in [1.54, 1.807) is 31.2 Å². The van der Waals surface area contributed by atoms with E-state index >= 15 is 0 Å². The zero-order valence-corrected chi connectivity index (χ0v) is 14.0. The summed E-state index contributed by atoms with van der Waals surface area (Å²) in [5.74, 6) is -0.391. The minimum absolute atomic E-state index is 0.319. The number of anilines is 1. The first-order chi connectivity index (χ1) is 11.7. The van der Waals surface area contributed by atoms with Gasteiger partial charge in [-0.15, -0.1) is 0 Å². The molecule has 122 valence electrons. The average Bonchev–Trinajstić information content (AvgIpc) is 2.61. The minimum atomic E-state index is -1.42. The van der Waals surface area contributed by atoms with Crippen LogP contribution in [0.5, 0.6) is 0 Å². The van der Waals surface area contributed by atoms with Crippen LogP contribution in [0.3, 0.4) is 0 Å². The molecule has 0 aromatic heterocycles. The van der Waals surface area contributed by atoms with E-state index in [1.807, 2.05) is 42.5 Å². The summed E-state index contributed by atoms with van der Waals surface area (Å²) < 4.78 is 20.5. The van der Waals surface area contributed by atoms with Crippen LogP contribution in [0.25, 0.3) is 10.8 Å². The Hall–Kier alpha value is -2.66. The molecule has 5 heteroatoms. The molecule has 24 heavy (non-hydrogen) atoms. The van der Waals surface area contributed by atoms with Crippen LogP contribution in [0.4, 0.5) is 5.69 Å². The van der Waals surface area contributed by atoms with Crippen LogP contribution in [0.15, 0.2) is 71.6 Å². The summed E-state index contributed by atoms with van der Waals surface area (Å²) in [7, 11) is -1.42. The highest BCUT2D eigenvalue weighted by Crippen LogP contribution is 2.20. The molecule has 4 nitrogen and oxygen atoms in total. The molecule has 1 atom stereocenters. The van der Waals surface area contributed by atoms with Crippen molar-refractivity contribution in [3.05, 3.63) is 72.3 Å². The molecule has 0 bridgehead atoms. The quantitative estimate of drug-likeness (QED) is 0.711. The van der Waals surface area contributed by atoms with Crippen molar-refractivity contribution in [3.63, 3.8) is 0 Å². The Balaban J connectivity index is 1.80. The van der Waals surface area contributed by atoms with Crippen LogP contribution in [-0.4, -0.2) is 16.8 Å². The number of hydrogen-bond acceptors (Lipinski definition) is 3. The zero-order chi connectivity index (χ0) is 16.9. The summed E-state index contributed by atoms with van der Waals surface area (Å²) in [4.78, 5) is 12.4. The predicted molar refractivity (Wildman–Crippen MR) is 96.4 cm³/mol. The Morgan fingerprint density at radius 2 is 1.79 bits per heavy atom. The van der Waals surface area contributed by atoms with Gasteiger partial charge in [0.1, 0.15) is 11.0 Å². The number of esters is 1.